The summed E-state index contributed by atoms with van der Waals surface area (Å²) in [5, 5.41) is 3.38. The third-order valence-electron chi connectivity index (χ3n) is 1.86. The van der Waals surface area contributed by atoms with Gasteiger partial charge in [0.15, 0.2) is 0 Å². The lowest BCUT2D eigenvalue weighted by atomic mass is 10.0. The van der Waals surface area contributed by atoms with Crippen LogP contribution in [-0.4, -0.2) is 13.1 Å². The Hall–Kier alpha value is -0.0400. The first-order valence-corrected chi connectivity index (χ1v) is 4.60. The molecule has 1 saturated heterocycles. The molecule has 1 nitrogen and oxygen atoms in total. The van der Waals surface area contributed by atoms with Crippen LogP contribution in [-0.2, 0) is 0 Å². The van der Waals surface area contributed by atoms with Gasteiger partial charge in [-0.05, 0) is 38.3 Å². The molecular weight excluding hydrogens is 122 g/mol. The molecular formula is C9H21N. The molecule has 10 heavy (non-hydrogen) atoms. The highest BCUT2D eigenvalue weighted by Crippen LogP contribution is 2.10. The monoisotopic (exact) mass is 143 g/mol. The van der Waals surface area contributed by atoms with Gasteiger partial charge in [-0.2, -0.15) is 0 Å². The van der Waals surface area contributed by atoms with Crippen LogP contribution in [0.3, 0.4) is 0 Å². The first-order chi connectivity index (χ1) is 4.89. The molecule has 1 atom stereocenters. The lowest BCUT2D eigenvalue weighted by Crippen LogP contribution is -2.13. The molecule has 1 N–H and O–H groups in total. The van der Waals surface area contributed by atoms with Crippen molar-refractivity contribution < 1.29 is 0 Å². The van der Waals surface area contributed by atoms with E-state index in [0.29, 0.717) is 0 Å². The van der Waals surface area contributed by atoms with Crippen LogP contribution in [0, 0.1) is 5.92 Å². The van der Waals surface area contributed by atoms with E-state index in [1.54, 1.807) is 0 Å². The van der Waals surface area contributed by atoms with Gasteiger partial charge in [0.1, 0.15) is 0 Å². The largest absolute Gasteiger partial charge is 0.317 e. The minimum absolute atomic E-state index is 0.963. The summed E-state index contributed by atoms with van der Waals surface area (Å²) >= 11 is 0. The summed E-state index contributed by atoms with van der Waals surface area (Å²) in [6.45, 7) is 8.82. The van der Waals surface area contributed by atoms with Gasteiger partial charge in [0, 0.05) is 0 Å². The molecule has 62 valence electrons. The van der Waals surface area contributed by atoms with Gasteiger partial charge in [0.05, 0.1) is 0 Å². The Labute approximate surface area is 65.2 Å². The quantitative estimate of drug-likeness (QED) is 0.549. The van der Waals surface area contributed by atoms with Crippen molar-refractivity contribution in [1.29, 1.82) is 0 Å². The maximum atomic E-state index is 3.38. The smallest absolute Gasteiger partial charge is 0.00464 e. The van der Waals surface area contributed by atoms with Gasteiger partial charge in [-0.15, -0.1) is 0 Å². The van der Waals surface area contributed by atoms with E-state index in [0.717, 1.165) is 5.92 Å². The zero-order valence-corrected chi connectivity index (χ0v) is 7.61. The second-order valence-electron chi connectivity index (χ2n) is 2.79. The standard InChI is InChI=1S/C7H15N.C2H6/c1-7-3-2-5-8-6-4-7;1-2/h7-8H,2-6H2,1H3;1-2H3. The fourth-order valence-corrected chi connectivity index (χ4v) is 1.19. The van der Waals surface area contributed by atoms with Gasteiger partial charge in [0.2, 0.25) is 0 Å². The summed E-state index contributed by atoms with van der Waals surface area (Å²) in [5.41, 5.74) is 0. The zero-order valence-electron chi connectivity index (χ0n) is 7.61. The third-order valence-corrected chi connectivity index (χ3v) is 1.86. The topological polar surface area (TPSA) is 12.0 Å². The molecule has 1 aliphatic heterocycles. The molecule has 1 heterocycles. The first-order valence-electron chi connectivity index (χ1n) is 4.60. The van der Waals surface area contributed by atoms with E-state index < -0.39 is 0 Å². The Morgan fingerprint density at radius 3 is 2.50 bits per heavy atom. The Morgan fingerprint density at radius 2 is 1.80 bits per heavy atom. The molecule has 1 aliphatic rings. The molecule has 1 heteroatoms. The Morgan fingerprint density at radius 1 is 1.10 bits per heavy atom. The predicted octanol–water partition coefficient (Wildman–Crippen LogP) is 2.42. The molecule has 1 unspecified atom stereocenters. The van der Waals surface area contributed by atoms with E-state index in [1.807, 2.05) is 13.8 Å². The molecule has 0 amide bonds. The minimum Gasteiger partial charge on any atom is -0.317 e. The van der Waals surface area contributed by atoms with Crippen molar-refractivity contribution in [2.75, 3.05) is 13.1 Å². The molecule has 0 aromatic rings. The van der Waals surface area contributed by atoms with Crippen LogP contribution in [0.5, 0.6) is 0 Å². The minimum atomic E-state index is 0.963. The fourth-order valence-electron chi connectivity index (χ4n) is 1.19. The van der Waals surface area contributed by atoms with E-state index in [2.05, 4.69) is 12.2 Å². The SMILES string of the molecule is CC.CC1CCCNCC1. The van der Waals surface area contributed by atoms with Crippen LogP contribution < -0.4 is 5.32 Å². The van der Waals surface area contributed by atoms with Gasteiger partial charge >= 0.3 is 0 Å². The summed E-state index contributed by atoms with van der Waals surface area (Å²) in [6.07, 6.45) is 4.17. The van der Waals surface area contributed by atoms with E-state index in [-0.39, 0.29) is 0 Å². The molecule has 1 rings (SSSR count). The van der Waals surface area contributed by atoms with Crippen LogP contribution in [0.1, 0.15) is 40.0 Å². The van der Waals surface area contributed by atoms with Crippen LogP contribution in [0.4, 0.5) is 0 Å². The van der Waals surface area contributed by atoms with E-state index in [9.17, 15) is 0 Å². The summed E-state index contributed by atoms with van der Waals surface area (Å²) in [5.74, 6) is 0.963. The van der Waals surface area contributed by atoms with Crippen LogP contribution >= 0.6 is 0 Å². The third kappa shape index (κ3) is 4.80. The summed E-state index contributed by atoms with van der Waals surface area (Å²) in [7, 11) is 0. The highest BCUT2D eigenvalue weighted by atomic mass is 14.8. The maximum Gasteiger partial charge on any atom is -0.00464 e. The average molecular weight is 143 g/mol. The summed E-state index contributed by atoms with van der Waals surface area (Å²) in [6, 6.07) is 0. The first kappa shape index (κ1) is 9.96. The predicted molar refractivity (Wildman–Crippen MR) is 47.2 cm³/mol. The van der Waals surface area contributed by atoms with Crippen LogP contribution in [0.25, 0.3) is 0 Å². The van der Waals surface area contributed by atoms with E-state index in [1.165, 1.54) is 32.4 Å². The second-order valence-corrected chi connectivity index (χ2v) is 2.79. The zero-order chi connectivity index (χ0) is 7.82. The second kappa shape index (κ2) is 7.07. The lowest BCUT2D eigenvalue weighted by molar-refractivity contribution is 0.519. The van der Waals surface area contributed by atoms with Crippen LogP contribution in [0.15, 0.2) is 0 Å². The Balaban J connectivity index is 0.000000371. The Bertz CT molecular complexity index is 53.7. The number of rotatable bonds is 0. The fraction of sp³-hybridized carbons (Fsp3) is 1.00. The number of nitrogens with one attached hydrogen (secondary N) is 1. The molecule has 0 aliphatic carbocycles. The molecule has 0 aromatic heterocycles. The van der Waals surface area contributed by atoms with Crippen molar-refractivity contribution in [2.45, 2.75) is 40.0 Å². The highest BCUT2D eigenvalue weighted by molar-refractivity contribution is 4.61. The molecule has 0 bridgehead atoms. The van der Waals surface area contributed by atoms with Gasteiger partial charge in [0.25, 0.3) is 0 Å². The van der Waals surface area contributed by atoms with Crippen molar-refractivity contribution in [2.24, 2.45) is 5.92 Å². The molecule has 0 radical (unpaired) electrons. The molecule has 1 fully saturated rings. The van der Waals surface area contributed by atoms with Crippen molar-refractivity contribution in [1.82, 2.24) is 5.32 Å². The molecule has 0 aromatic carbocycles. The number of hydrogen-bond donors (Lipinski definition) is 1. The maximum absolute atomic E-state index is 3.38. The number of hydrogen-bond acceptors (Lipinski definition) is 1. The van der Waals surface area contributed by atoms with Crippen LogP contribution in [0.2, 0.25) is 0 Å². The van der Waals surface area contributed by atoms with Gasteiger partial charge in [-0.3, -0.25) is 0 Å². The Kier molecular flexibility index (Phi) is 7.04. The normalized spacial score (nSPS) is 26.1. The van der Waals surface area contributed by atoms with Crippen molar-refractivity contribution in [3.8, 4) is 0 Å². The molecule has 0 saturated carbocycles. The van der Waals surface area contributed by atoms with E-state index >= 15 is 0 Å². The average Bonchev–Trinajstić information content (AvgIpc) is 2.21. The van der Waals surface area contributed by atoms with Crippen molar-refractivity contribution >= 4 is 0 Å². The van der Waals surface area contributed by atoms with Gasteiger partial charge < -0.3 is 5.32 Å². The highest BCUT2D eigenvalue weighted by Gasteiger charge is 2.04. The van der Waals surface area contributed by atoms with E-state index in [4.69, 9.17) is 0 Å². The van der Waals surface area contributed by atoms with Gasteiger partial charge in [-0.25, -0.2) is 0 Å². The summed E-state index contributed by atoms with van der Waals surface area (Å²) in [4.78, 5) is 0. The summed E-state index contributed by atoms with van der Waals surface area (Å²) < 4.78 is 0. The molecule has 0 spiro atoms. The van der Waals surface area contributed by atoms with Gasteiger partial charge in [-0.1, -0.05) is 20.8 Å². The van der Waals surface area contributed by atoms with Crippen molar-refractivity contribution in [3.63, 3.8) is 0 Å². The van der Waals surface area contributed by atoms with Crippen molar-refractivity contribution in [3.05, 3.63) is 0 Å². The lowest BCUT2D eigenvalue weighted by Gasteiger charge is -2.02.